The second-order valence-corrected chi connectivity index (χ2v) is 5.59. The van der Waals surface area contributed by atoms with Crippen LogP contribution in [-0.4, -0.2) is 50.1 Å². The molecule has 0 unspecified atom stereocenters. The Kier molecular flexibility index (Phi) is 5.81. The van der Waals surface area contributed by atoms with Crippen LogP contribution in [0.15, 0.2) is 18.2 Å². The number of anilines is 1. The standard InChI is InChI=1S/C16H23N3O4/c1-22-13-6-11(7-14(9-13)23-2)18-16(21)10-19-5-3-4-12(19)8-15(17)20/h6-7,9,12H,3-5,8,10H2,1-2H3,(H2,17,20)(H,18,21)/t12-/m0/s1. The zero-order valence-corrected chi connectivity index (χ0v) is 13.5. The van der Waals surface area contributed by atoms with Crippen molar-refractivity contribution in [2.45, 2.75) is 25.3 Å². The van der Waals surface area contributed by atoms with E-state index >= 15 is 0 Å². The lowest BCUT2D eigenvalue weighted by Gasteiger charge is -2.22. The number of benzene rings is 1. The van der Waals surface area contributed by atoms with E-state index < -0.39 is 0 Å². The third kappa shape index (κ3) is 4.85. The van der Waals surface area contributed by atoms with Crippen molar-refractivity contribution in [3.05, 3.63) is 18.2 Å². The third-order valence-corrected chi connectivity index (χ3v) is 3.92. The normalized spacial score (nSPS) is 17.7. The van der Waals surface area contributed by atoms with Gasteiger partial charge in [0.05, 0.1) is 20.8 Å². The number of nitrogens with one attached hydrogen (secondary N) is 1. The quantitative estimate of drug-likeness (QED) is 0.781. The van der Waals surface area contributed by atoms with Gasteiger partial charge in [-0.3, -0.25) is 14.5 Å². The topological polar surface area (TPSA) is 93.9 Å². The van der Waals surface area contributed by atoms with Crippen LogP contribution in [0.3, 0.4) is 0 Å². The molecule has 23 heavy (non-hydrogen) atoms. The summed E-state index contributed by atoms with van der Waals surface area (Å²) in [6.45, 7) is 1.03. The number of carbonyl (C=O) groups is 2. The minimum absolute atomic E-state index is 0.0538. The summed E-state index contributed by atoms with van der Waals surface area (Å²) in [5.74, 6) is 0.733. The van der Waals surface area contributed by atoms with Gasteiger partial charge in [0.15, 0.2) is 0 Å². The molecular weight excluding hydrogens is 298 g/mol. The van der Waals surface area contributed by atoms with Gasteiger partial charge in [0.25, 0.3) is 0 Å². The minimum Gasteiger partial charge on any atom is -0.497 e. The van der Waals surface area contributed by atoms with Crippen LogP contribution in [-0.2, 0) is 9.59 Å². The molecule has 0 radical (unpaired) electrons. The van der Waals surface area contributed by atoms with Gasteiger partial charge >= 0.3 is 0 Å². The maximum atomic E-state index is 12.2. The molecule has 126 valence electrons. The summed E-state index contributed by atoms with van der Waals surface area (Å²) in [5.41, 5.74) is 5.87. The number of methoxy groups -OCH3 is 2. The molecule has 1 aliphatic rings. The van der Waals surface area contributed by atoms with Crippen LogP contribution in [0.2, 0.25) is 0 Å². The average Bonchev–Trinajstić information content (AvgIpc) is 2.92. The van der Waals surface area contributed by atoms with E-state index in [1.807, 2.05) is 4.90 Å². The zero-order chi connectivity index (χ0) is 16.8. The molecule has 1 aromatic carbocycles. The zero-order valence-electron chi connectivity index (χ0n) is 13.5. The van der Waals surface area contributed by atoms with Gasteiger partial charge in [-0.05, 0) is 19.4 Å². The van der Waals surface area contributed by atoms with Crippen molar-refractivity contribution in [3.63, 3.8) is 0 Å². The Labute approximate surface area is 135 Å². The van der Waals surface area contributed by atoms with E-state index in [1.54, 1.807) is 32.4 Å². The molecule has 3 N–H and O–H groups in total. The average molecular weight is 321 g/mol. The van der Waals surface area contributed by atoms with Crippen LogP contribution in [0.4, 0.5) is 5.69 Å². The Hall–Kier alpha value is -2.28. The predicted octanol–water partition coefficient (Wildman–Crippen LogP) is 0.982. The predicted molar refractivity (Wildman–Crippen MR) is 86.6 cm³/mol. The molecule has 2 amide bonds. The number of nitrogens with zero attached hydrogens (tertiary/aromatic N) is 1. The first kappa shape index (κ1) is 17.1. The van der Waals surface area contributed by atoms with Gasteiger partial charge in [0.2, 0.25) is 11.8 Å². The SMILES string of the molecule is COc1cc(NC(=O)CN2CCC[C@H]2CC(N)=O)cc(OC)c1. The fourth-order valence-corrected chi connectivity index (χ4v) is 2.83. The summed E-state index contributed by atoms with van der Waals surface area (Å²) >= 11 is 0. The number of hydrogen-bond donors (Lipinski definition) is 2. The Morgan fingerprint density at radius 3 is 2.48 bits per heavy atom. The van der Waals surface area contributed by atoms with Crippen LogP contribution in [0.5, 0.6) is 11.5 Å². The van der Waals surface area contributed by atoms with Crippen molar-refractivity contribution in [1.29, 1.82) is 0 Å². The van der Waals surface area contributed by atoms with Crippen molar-refractivity contribution in [1.82, 2.24) is 4.90 Å². The smallest absolute Gasteiger partial charge is 0.238 e. The molecule has 7 nitrogen and oxygen atoms in total. The number of likely N-dealkylation sites (tertiary alicyclic amines) is 1. The number of nitrogens with two attached hydrogens (primary N) is 1. The number of ether oxygens (including phenoxy) is 2. The van der Waals surface area contributed by atoms with Crippen molar-refractivity contribution in [3.8, 4) is 11.5 Å². The summed E-state index contributed by atoms with van der Waals surface area (Å²) in [7, 11) is 3.11. The Morgan fingerprint density at radius 2 is 1.91 bits per heavy atom. The highest BCUT2D eigenvalue weighted by Crippen LogP contribution is 2.26. The van der Waals surface area contributed by atoms with Crippen LogP contribution in [0, 0.1) is 0 Å². The van der Waals surface area contributed by atoms with Gasteiger partial charge < -0.3 is 20.5 Å². The number of amides is 2. The van der Waals surface area contributed by atoms with Gasteiger partial charge in [-0.1, -0.05) is 0 Å². The maximum absolute atomic E-state index is 12.2. The van der Waals surface area contributed by atoms with Gasteiger partial charge in [-0.25, -0.2) is 0 Å². The largest absolute Gasteiger partial charge is 0.497 e. The molecule has 1 aliphatic heterocycles. The van der Waals surface area contributed by atoms with Crippen LogP contribution >= 0.6 is 0 Å². The van der Waals surface area contributed by atoms with E-state index in [9.17, 15) is 9.59 Å². The van der Waals surface area contributed by atoms with E-state index in [4.69, 9.17) is 15.2 Å². The minimum atomic E-state index is -0.333. The second kappa shape index (κ2) is 7.82. The summed E-state index contributed by atoms with van der Waals surface area (Å²) in [4.78, 5) is 25.3. The Morgan fingerprint density at radius 1 is 1.26 bits per heavy atom. The lowest BCUT2D eigenvalue weighted by molar-refractivity contribution is -0.121. The summed E-state index contributed by atoms with van der Waals surface area (Å²) in [6, 6.07) is 5.24. The number of primary amides is 1. The summed E-state index contributed by atoms with van der Waals surface area (Å²) in [5, 5.41) is 2.84. The Balaban J connectivity index is 1.97. The van der Waals surface area contributed by atoms with Crippen molar-refractivity contribution in [2.24, 2.45) is 5.73 Å². The molecule has 1 fully saturated rings. The summed E-state index contributed by atoms with van der Waals surface area (Å²) in [6.07, 6.45) is 2.15. The monoisotopic (exact) mass is 321 g/mol. The number of rotatable bonds is 7. The van der Waals surface area contributed by atoms with Gasteiger partial charge in [0, 0.05) is 36.3 Å². The first-order valence-electron chi connectivity index (χ1n) is 7.57. The molecule has 7 heteroatoms. The van der Waals surface area contributed by atoms with Crippen molar-refractivity contribution in [2.75, 3.05) is 32.6 Å². The molecule has 0 spiro atoms. The highest BCUT2D eigenvalue weighted by atomic mass is 16.5. The molecule has 2 rings (SSSR count). The number of carbonyl (C=O) groups excluding carboxylic acids is 2. The number of hydrogen-bond acceptors (Lipinski definition) is 5. The first-order chi connectivity index (χ1) is 11.0. The molecule has 0 aromatic heterocycles. The molecule has 0 aliphatic carbocycles. The maximum Gasteiger partial charge on any atom is 0.238 e. The van der Waals surface area contributed by atoms with Crippen LogP contribution < -0.4 is 20.5 Å². The lowest BCUT2D eigenvalue weighted by atomic mass is 10.1. The molecule has 0 saturated carbocycles. The Bertz CT molecular complexity index is 554. The second-order valence-electron chi connectivity index (χ2n) is 5.59. The summed E-state index contributed by atoms with van der Waals surface area (Å²) < 4.78 is 10.4. The fraction of sp³-hybridized carbons (Fsp3) is 0.500. The van der Waals surface area contributed by atoms with Crippen molar-refractivity contribution >= 4 is 17.5 Å². The van der Waals surface area contributed by atoms with Crippen molar-refractivity contribution < 1.29 is 19.1 Å². The van der Waals surface area contributed by atoms with Gasteiger partial charge in [-0.15, -0.1) is 0 Å². The van der Waals surface area contributed by atoms with E-state index in [-0.39, 0.29) is 24.4 Å². The van der Waals surface area contributed by atoms with Crippen LogP contribution in [0.1, 0.15) is 19.3 Å². The van der Waals surface area contributed by atoms with E-state index in [1.165, 1.54) is 0 Å². The first-order valence-corrected chi connectivity index (χ1v) is 7.57. The molecule has 0 bridgehead atoms. The van der Waals surface area contributed by atoms with E-state index in [2.05, 4.69) is 5.32 Å². The van der Waals surface area contributed by atoms with E-state index in [0.29, 0.717) is 23.6 Å². The lowest BCUT2D eigenvalue weighted by Crippen LogP contribution is -2.38. The third-order valence-electron chi connectivity index (χ3n) is 3.92. The molecule has 1 saturated heterocycles. The molecule has 1 aromatic rings. The molecule has 1 atom stereocenters. The highest BCUT2D eigenvalue weighted by molar-refractivity contribution is 5.92. The fourth-order valence-electron chi connectivity index (χ4n) is 2.83. The molecule has 1 heterocycles. The van der Waals surface area contributed by atoms with E-state index in [0.717, 1.165) is 19.4 Å². The highest BCUT2D eigenvalue weighted by Gasteiger charge is 2.27. The molecular formula is C16H23N3O4. The van der Waals surface area contributed by atoms with Gasteiger partial charge in [0.1, 0.15) is 11.5 Å². The van der Waals surface area contributed by atoms with Gasteiger partial charge in [-0.2, -0.15) is 0 Å². The van der Waals surface area contributed by atoms with Crippen LogP contribution in [0.25, 0.3) is 0 Å².